The standard InChI is InChI=1S/C14H24ClN3O/c1-4-16-13(10(2)11-5-6-11)14-12(15)9-17-18(14)7-8-19-3/h9-11,13,16H,4-8H2,1-3H3. The summed E-state index contributed by atoms with van der Waals surface area (Å²) in [6.45, 7) is 6.79. The van der Waals surface area contributed by atoms with Crippen LogP contribution in [0.1, 0.15) is 38.4 Å². The number of hydrogen-bond acceptors (Lipinski definition) is 3. The zero-order valence-electron chi connectivity index (χ0n) is 12.0. The largest absolute Gasteiger partial charge is 0.383 e. The molecular formula is C14H24ClN3O. The Morgan fingerprint density at radius 1 is 1.58 bits per heavy atom. The Balaban J connectivity index is 2.21. The summed E-state index contributed by atoms with van der Waals surface area (Å²) >= 11 is 6.36. The maximum atomic E-state index is 6.36. The Hall–Kier alpha value is -0.580. The van der Waals surface area contributed by atoms with Crippen molar-refractivity contribution in [2.75, 3.05) is 20.3 Å². The van der Waals surface area contributed by atoms with E-state index in [1.807, 2.05) is 4.68 Å². The van der Waals surface area contributed by atoms with Gasteiger partial charge in [-0.25, -0.2) is 0 Å². The van der Waals surface area contributed by atoms with Gasteiger partial charge in [-0.3, -0.25) is 4.68 Å². The Labute approximate surface area is 120 Å². The number of hydrogen-bond donors (Lipinski definition) is 1. The molecule has 2 unspecified atom stereocenters. The quantitative estimate of drug-likeness (QED) is 0.798. The monoisotopic (exact) mass is 285 g/mol. The van der Waals surface area contributed by atoms with E-state index in [4.69, 9.17) is 16.3 Å². The van der Waals surface area contributed by atoms with Crippen molar-refractivity contribution >= 4 is 11.6 Å². The third-order valence-electron chi connectivity index (χ3n) is 3.95. The van der Waals surface area contributed by atoms with Gasteiger partial charge in [0.2, 0.25) is 0 Å². The van der Waals surface area contributed by atoms with Gasteiger partial charge >= 0.3 is 0 Å². The van der Waals surface area contributed by atoms with Crippen LogP contribution in [0.4, 0.5) is 0 Å². The zero-order valence-corrected chi connectivity index (χ0v) is 12.8. The maximum absolute atomic E-state index is 6.36. The summed E-state index contributed by atoms with van der Waals surface area (Å²) in [5.74, 6) is 1.42. The molecule has 0 bridgehead atoms. The molecule has 5 heteroatoms. The fourth-order valence-electron chi connectivity index (χ4n) is 2.68. The zero-order chi connectivity index (χ0) is 13.8. The molecule has 0 amide bonds. The lowest BCUT2D eigenvalue weighted by molar-refractivity contribution is 0.180. The van der Waals surface area contributed by atoms with Crippen molar-refractivity contribution in [1.82, 2.24) is 15.1 Å². The molecule has 19 heavy (non-hydrogen) atoms. The van der Waals surface area contributed by atoms with Crippen LogP contribution in [0.2, 0.25) is 5.02 Å². The van der Waals surface area contributed by atoms with Crippen molar-refractivity contribution in [2.45, 2.75) is 39.3 Å². The number of nitrogens with zero attached hydrogens (tertiary/aromatic N) is 2. The number of nitrogens with one attached hydrogen (secondary N) is 1. The highest BCUT2D eigenvalue weighted by molar-refractivity contribution is 6.31. The highest BCUT2D eigenvalue weighted by Crippen LogP contribution is 2.43. The van der Waals surface area contributed by atoms with E-state index in [1.54, 1.807) is 13.3 Å². The Bertz CT molecular complexity index is 403. The van der Waals surface area contributed by atoms with Gasteiger partial charge in [-0.05, 0) is 31.2 Å². The molecule has 1 fully saturated rings. The van der Waals surface area contributed by atoms with Crippen LogP contribution in [0.15, 0.2) is 6.20 Å². The van der Waals surface area contributed by atoms with Gasteiger partial charge < -0.3 is 10.1 Å². The number of aromatic nitrogens is 2. The average molecular weight is 286 g/mol. The van der Waals surface area contributed by atoms with Crippen LogP contribution < -0.4 is 5.32 Å². The topological polar surface area (TPSA) is 39.1 Å². The van der Waals surface area contributed by atoms with Gasteiger partial charge in [0.25, 0.3) is 0 Å². The van der Waals surface area contributed by atoms with E-state index >= 15 is 0 Å². The van der Waals surface area contributed by atoms with E-state index in [0.29, 0.717) is 12.5 Å². The second kappa shape index (κ2) is 6.73. The van der Waals surface area contributed by atoms with E-state index < -0.39 is 0 Å². The molecule has 108 valence electrons. The molecular weight excluding hydrogens is 262 g/mol. The van der Waals surface area contributed by atoms with Crippen LogP contribution in [-0.4, -0.2) is 30.0 Å². The van der Waals surface area contributed by atoms with Gasteiger partial charge in [0.05, 0.1) is 36.1 Å². The lowest BCUT2D eigenvalue weighted by Crippen LogP contribution is -2.30. The second-order valence-electron chi connectivity index (χ2n) is 5.33. The molecule has 0 radical (unpaired) electrons. The molecule has 0 saturated heterocycles. The number of halogens is 1. The fourth-order valence-corrected chi connectivity index (χ4v) is 2.94. The molecule has 2 atom stereocenters. The van der Waals surface area contributed by atoms with Crippen molar-refractivity contribution in [3.63, 3.8) is 0 Å². The van der Waals surface area contributed by atoms with Gasteiger partial charge in [-0.2, -0.15) is 5.10 Å². The molecule has 1 heterocycles. The maximum Gasteiger partial charge on any atom is 0.0834 e. The summed E-state index contributed by atoms with van der Waals surface area (Å²) in [6.07, 6.45) is 4.43. The molecule has 1 saturated carbocycles. The minimum absolute atomic E-state index is 0.282. The first-order valence-electron chi connectivity index (χ1n) is 7.12. The van der Waals surface area contributed by atoms with Gasteiger partial charge in [-0.15, -0.1) is 0 Å². The Morgan fingerprint density at radius 2 is 2.32 bits per heavy atom. The molecule has 1 aromatic rings. The minimum Gasteiger partial charge on any atom is -0.383 e. The van der Waals surface area contributed by atoms with Gasteiger partial charge in [-0.1, -0.05) is 25.4 Å². The lowest BCUT2D eigenvalue weighted by atomic mass is 9.94. The summed E-state index contributed by atoms with van der Waals surface area (Å²) in [7, 11) is 1.71. The van der Waals surface area contributed by atoms with Crippen LogP contribution >= 0.6 is 11.6 Å². The van der Waals surface area contributed by atoms with Crippen molar-refractivity contribution in [3.05, 3.63) is 16.9 Å². The summed E-state index contributed by atoms with van der Waals surface area (Å²) < 4.78 is 7.13. The number of methoxy groups -OCH3 is 1. The third kappa shape index (κ3) is 3.50. The summed E-state index contributed by atoms with van der Waals surface area (Å²) in [4.78, 5) is 0. The molecule has 2 rings (SSSR count). The van der Waals surface area contributed by atoms with Crippen molar-refractivity contribution in [3.8, 4) is 0 Å². The van der Waals surface area contributed by atoms with E-state index in [-0.39, 0.29) is 6.04 Å². The average Bonchev–Trinajstić information content (AvgIpc) is 3.18. The summed E-state index contributed by atoms with van der Waals surface area (Å²) in [5, 5.41) is 8.72. The van der Waals surface area contributed by atoms with Crippen LogP contribution in [-0.2, 0) is 11.3 Å². The molecule has 0 aliphatic heterocycles. The first kappa shape index (κ1) is 14.8. The van der Waals surface area contributed by atoms with Crippen molar-refractivity contribution in [2.24, 2.45) is 11.8 Å². The van der Waals surface area contributed by atoms with Crippen LogP contribution in [0.5, 0.6) is 0 Å². The predicted molar refractivity (Wildman–Crippen MR) is 77.4 cm³/mol. The van der Waals surface area contributed by atoms with E-state index in [0.717, 1.165) is 29.7 Å². The second-order valence-corrected chi connectivity index (χ2v) is 5.73. The van der Waals surface area contributed by atoms with Crippen LogP contribution in [0.3, 0.4) is 0 Å². The summed E-state index contributed by atoms with van der Waals surface area (Å²) in [6, 6.07) is 0.282. The van der Waals surface area contributed by atoms with Crippen LogP contribution in [0.25, 0.3) is 0 Å². The van der Waals surface area contributed by atoms with Gasteiger partial charge in [0.1, 0.15) is 0 Å². The number of rotatable bonds is 8. The van der Waals surface area contributed by atoms with Crippen LogP contribution in [0, 0.1) is 11.8 Å². The van der Waals surface area contributed by atoms with Gasteiger partial charge in [0.15, 0.2) is 0 Å². The Kier molecular flexibility index (Phi) is 5.25. The van der Waals surface area contributed by atoms with E-state index in [1.165, 1.54) is 12.8 Å². The third-order valence-corrected chi connectivity index (χ3v) is 4.24. The molecule has 1 N–H and O–H groups in total. The van der Waals surface area contributed by atoms with Gasteiger partial charge in [0, 0.05) is 7.11 Å². The Morgan fingerprint density at radius 3 is 2.89 bits per heavy atom. The smallest absolute Gasteiger partial charge is 0.0834 e. The highest BCUT2D eigenvalue weighted by atomic mass is 35.5. The van der Waals surface area contributed by atoms with Crippen molar-refractivity contribution in [1.29, 1.82) is 0 Å². The molecule has 1 aliphatic carbocycles. The lowest BCUT2D eigenvalue weighted by Gasteiger charge is -2.26. The number of ether oxygens (including phenoxy) is 1. The first-order valence-corrected chi connectivity index (χ1v) is 7.50. The van der Waals surface area contributed by atoms with E-state index in [9.17, 15) is 0 Å². The van der Waals surface area contributed by atoms with Crippen molar-refractivity contribution < 1.29 is 4.74 Å². The summed E-state index contributed by atoms with van der Waals surface area (Å²) in [5.41, 5.74) is 1.11. The fraction of sp³-hybridized carbons (Fsp3) is 0.786. The minimum atomic E-state index is 0.282. The molecule has 4 nitrogen and oxygen atoms in total. The normalized spacial score (nSPS) is 18.5. The van der Waals surface area contributed by atoms with E-state index in [2.05, 4.69) is 24.3 Å². The molecule has 0 aromatic carbocycles. The first-order chi connectivity index (χ1) is 9.19. The molecule has 0 spiro atoms. The predicted octanol–water partition coefficient (Wildman–Crippen LogP) is 2.88. The molecule has 1 aliphatic rings. The SMILES string of the molecule is CCNC(c1c(Cl)cnn1CCOC)C(C)C1CC1. The molecule has 1 aromatic heterocycles. The highest BCUT2D eigenvalue weighted by Gasteiger charge is 2.36.